The number of rotatable bonds is 5. The van der Waals surface area contributed by atoms with Crippen molar-refractivity contribution >= 4 is 0 Å². The molecule has 3 nitrogen and oxygen atoms in total. The Kier molecular flexibility index (Phi) is 5.80. The van der Waals surface area contributed by atoms with Gasteiger partial charge in [0.25, 0.3) is 0 Å². The average molecular weight is 289 g/mol. The van der Waals surface area contributed by atoms with Gasteiger partial charge in [0.05, 0.1) is 0 Å². The van der Waals surface area contributed by atoms with Gasteiger partial charge < -0.3 is 5.32 Å². The number of hydrogen-bond acceptors (Lipinski definition) is 3. The van der Waals surface area contributed by atoms with Crippen molar-refractivity contribution in [2.75, 3.05) is 33.2 Å². The topological polar surface area (TPSA) is 18.5 Å². The molecule has 0 aromatic heterocycles. The smallest absolute Gasteiger partial charge is 0.0451 e. The maximum Gasteiger partial charge on any atom is 0.0451 e. The first-order valence-corrected chi connectivity index (χ1v) is 8.26. The number of nitrogens with zero attached hydrogens (tertiary/aromatic N) is 2. The Morgan fingerprint density at radius 2 is 1.81 bits per heavy atom. The number of nitrogens with one attached hydrogen (secondary N) is 1. The number of likely N-dealkylation sites (N-methyl/N-ethyl adjacent to an activating group) is 2. The molecule has 1 saturated heterocycles. The van der Waals surface area contributed by atoms with Crippen LogP contribution < -0.4 is 5.32 Å². The van der Waals surface area contributed by atoms with Crippen LogP contribution in [0, 0.1) is 6.92 Å². The molecule has 1 aromatic carbocycles. The second-order valence-corrected chi connectivity index (χ2v) is 6.55. The summed E-state index contributed by atoms with van der Waals surface area (Å²) in [7, 11) is 2.25. The molecule has 1 fully saturated rings. The van der Waals surface area contributed by atoms with Crippen LogP contribution >= 0.6 is 0 Å². The predicted molar refractivity (Wildman–Crippen MR) is 90.7 cm³/mol. The van der Waals surface area contributed by atoms with Crippen LogP contribution in [-0.2, 0) is 0 Å². The number of hydrogen-bond donors (Lipinski definition) is 1. The molecule has 3 heteroatoms. The second-order valence-electron chi connectivity index (χ2n) is 6.55. The van der Waals surface area contributed by atoms with E-state index in [2.05, 4.69) is 74.1 Å². The van der Waals surface area contributed by atoms with Crippen molar-refractivity contribution in [3.05, 3.63) is 35.4 Å². The zero-order chi connectivity index (χ0) is 15.4. The van der Waals surface area contributed by atoms with Crippen molar-refractivity contribution in [1.29, 1.82) is 0 Å². The summed E-state index contributed by atoms with van der Waals surface area (Å²) in [6.07, 6.45) is 0. The molecule has 2 rings (SSSR count). The van der Waals surface area contributed by atoms with Gasteiger partial charge >= 0.3 is 0 Å². The van der Waals surface area contributed by atoms with E-state index < -0.39 is 0 Å². The van der Waals surface area contributed by atoms with E-state index in [1.807, 2.05) is 0 Å². The highest BCUT2D eigenvalue weighted by atomic mass is 15.3. The molecule has 21 heavy (non-hydrogen) atoms. The Labute approximate surface area is 130 Å². The van der Waals surface area contributed by atoms with Crippen molar-refractivity contribution in [2.24, 2.45) is 0 Å². The van der Waals surface area contributed by atoms with E-state index >= 15 is 0 Å². The van der Waals surface area contributed by atoms with Crippen molar-refractivity contribution in [3.63, 3.8) is 0 Å². The van der Waals surface area contributed by atoms with E-state index in [4.69, 9.17) is 0 Å². The number of benzene rings is 1. The standard InChI is InChI=1S/C18H31N3/c1-6-19-18(17-10-8-7-9-14(17)2)13-21-11-15(3)20(5)16(4)12-21/h7-10,15-16,18-19H,6,11-13H2,1-5H3. The molecule has 0 aliphatic carbocycles. The van der Waals surface area contributed by atoms with Gasteiger partial charge in [-0.2, -0.15) is 0 Å². The zero-order valence-electron chi connectivity index (χ0n) is 14.3. The van der Waals surface area contributed by atoms with Crippen LogP contribution in [0.25, 0.3) is 0 Å². The van der Waals surface area contributed by atoms with Crippen LogP contribution in [0.2, 0.25) is 0 Å². The SMILES string of the molecule is CCNC(CN1CC(C)N(C)C(C)C1)c1ccccc1C. The fourth-order valence-corrected chi connectivity index (χ4v) is 3.42. The molecule has 0 amide bonds. The van der Waals surface area contributed by atoms with Gasteiger partial charge in [0, 0.05) is 37.8 Å². The molecule has 0 saturated carbocycles. The number of aryl methyl sites for hydroxylation is 1. The normalized spacial score (nSPS) is 26.0. The van der Waals surface area contributed by atoms with Gasteiger partial charge in [0.15, 0.2) is 0 Å². The molecule has 1 aromatic rings. The molecule has 0 spiro atoms. The second kappa shape index (κ2) is 7.39. The third kappa shape index (κ3) is 4.06. The summed E-state index contributed by atoms with van der Waals surface area (Å²) < 4.78 is 0. The summed E-state index contributed by atoms with van der Waals surface area (Å²) in [4.78, 5) is 5.11. The lowest BCUT2D eigenvalue weighted by Gasteiger charge is -2.43. The third-order valence-corrected chi connectivity index (χ3v) is 4.89. The molecule has 0 bridgehead atoms. The Morgan fingerprint density at radius 1 is 1.19 bits per heavy atom. The quantitative estimate of drug-likeness (QED) is 0.899. The van der Waals surface area contributed by atoms with Crippen LogP contribution in [0.1, 0.15) is 37.9 Å². The Morgan fingerprint density at radius 3 is 2.38 bits per heavy atom. The summed E-state index contributed by atoms with van der Waals surface area (Å²) in [6.45, 7) is 13.5. The molecule has 0 radical (unpaired) electrons. The Hall–Kier alpha value is -0.900. The number of piperazine rings is 1. The van der Waals surface area contributed by atoms with Gasteiger partial charge in [-0.05, 0) is 45.5 Å². The van der Waals surface area contributed by atoms with Crippen LogP contribution in [-0.4, -0.2) is 55.1 Å². The molecular formula is C18H31N3. The summed E-state index contributed by atoms with van der Waals surface area (Å²) >= 11 is 0. The lowest BCUT2D eigenvalue weighted by atomic mass is 9.99. The van der Waals surface area contributed by atoms with Gasteiger partial charge in [-0.1, -0.05) is 31.2 Å². The molecule has 1 N–H and O–H groups in total. The van der Waals surface area contributed by atoms with E-state index in [-0.39, 0.29) is 0 Å². The lowest BCUT2D eigenvalue weighted by Crippen LogP contribution is -2.56. The van der Waals surface area contributed by atoms with E-state index in [9.17, 15) is 0 Å². The first-order chi connectivity index (χ1) is 10.0. The van der Waals surface area contributed by atoms with Gasteiger partial charge in [0.2, 0.25) is 0 Å². The highest BCUT2D eigenvalue weighted by molar-refractivity contribution is 5.29. The molecule has 1 aliphatic heterocycles. The largest absolute Gasteiger partial charge is 0.309 e. The van der Waals surface area contributed by atoms with Crippen molar-refractivity contribution in [3.8, 4) is 0 Å². The lowest BCUT2D eigenvalue weighted by molar-refractivity contribution is 0.0543. The van der Waals surface area contributed by atoms with Gasteiger partial charge in [-0.15, -0.1) is 0 Å². The highest BCUT2D eigenvalue weighted by Gasteiger charge is 2.28. The molecule has 1 heterocycles. The summed E-state index contributed by atoms with van der Waals surface area (Å²) in [5.74, 6) is 0. The van der Waals surface area contributed by atoms with E-state index in [1.165, 1.54) is 11.1 Å². The van der Waals surface area contributed by atoms with Gasteiger partial charge in [-0.25, -0.2) is 0 Å². The summed E-state index contributed by atoms with van der Waals surface area (Å²) in [6, 6.07) is 10.5. The minimum Gasteiger partial charge on any atom is -0.309 e. The minimum atomic E-state index is 0.430. The summed E-state index contributed by atoms with van der Waals surface area (Å²) in [5.41, 5.74) is 2.83. The first kappa shape index (κ1) is 16.5. The molecular weight excluding hydrogens is 258 g/mol. The molecule has 1 aliphatic rings. The van der Waals surface area contributed by atoms with Crippen molar-refractivity contribution < 1.29 is 0 Å². The fraction of sp³-hybridized carbons (Fsp3) is 0.667. The van der Waals surface area contributed by atoms with E-state index in [0.717, 1.165) is 26.2 Å². The maximum absolute atomic E-state index is 3.67. The molecule has 3 unspecified atom stereocenters. The Balaban J connectivity index is 2.08. The predicted octanol–water partition coefficient (Wildman–Crippen LogP) is 2.67. The molecule has 3 atom stereocenters. The zero-order valence-corrected chi connectivity index (χ0v) is 14.3. The van der Waals surface area contributed by atoms with Crippen molar-refractivity contribution in [1.82, 2.24) is 15.1 Å². The van der Waals surface area contributed by atoms with Crippen LogP contribution in [0.15, 0.2) is 24.3 Å². The minimum absolute atomic E-state index is 0.430. The fourth-order valence-electron chi connectivity index (χ4n) is 3.42. The van der Waals surface area contributed by atoms with Crippen LogP contribution in [0.3, 0.4) is 0 Å². The highest BCUT2D eigenvalue weighted by Crippen LogP contribution is 2.21. The van der Waals surface area contributed by atoms with Gasteiger partial charge in [-0.3, -0.25) is 9.80 Å². The third-order valence-electron chi connectivity index (χ3n) is 4.89. The van der Waals surface area contributed by atoms with Crippen LogP contribution in [0.4, 0.5) is 0 Å². The van der Waals surface area contributed by atoms with Crippen LogP contribution in [0.5, 0.6) is 0 Å². The Bertz CT molecular complexity index is 434. The van der Waals surface area contributed by atoms with E-state index in [1.54, 1.807) is 0 Å². The van der Waals surface area contributed by atoms with Gasteiger partial charge in [0.1, 0.15) is 0 Å². The first-order valence-electron chi connectivity index (χ1n) is 8.26. The monoisotopic (exact) mass is 289 g/mol. The van der Waals surface area contributed by atoms with Crippen molar-refractivity contribution in [2.45, 2.75) is 45.8 Å². The average Bonchev–Trinajstić information content (AvgIpc) is 2.45. The molecule has 118 valence electrons. The maximum atomic E-state index is 3.67. The van der Waals surface area contributed by atoms with E-state index in [0.29, 0.717) is 18.1 Å². The summed E-state index contributed by atoms with van der Waals surface area (Å²) in [5, 5.41) is 3.67.